The van der Waals surface area contributed by atoms with E-state index < -0.39 is 32.2 Å². The van der Waals surface area contributed by atoms with Crippen molar-refractivity contribution >= 4 is 21.7 Å². The number of carboxylic acid groups (broad SMARTS) is 1. The summed E-state index contributed by atoms with van der Waals surface area (Å²) in [4.78, 5) is 24.5. The van der Waals surface area contributed by atoms with E-state index >= 15 is 0 Å². The van der Waals surface area contributed by atoms with Crippen LogP contribution in [0.4, 0.5) is 8.78 Å². The van der Waals surface area contributed by atoms with E-state index in [4.69, 9.17) is 5.11 Å². The topological polar surface area (TPSA) is 120 Å². The highest BCUT2D eigenvalue weighted by atomic mass is 32.2. The molecule has 1 amide bonds. The molecule has 0 atom stereocenters. The number of nitrogens with one attached hydrogen (secondary N) is 1. The Morgan fingerprint density at radius 3 is 2.61 bits per heavy atom. The molecule has 2 aliphatic rings. The molecule has 0 bridgehead atoms. The van der Waals surface area contributed by atoms with E-state index in [1.165, 1.54) is 4.90 Å². The maximum Gasteiger partial charge on any atom is 0.356 e. The second kappa shape index (κ2) is 4.98. The SMILES string of the molecule is O=C(O)c1n[nH]c2c1CCN(CC1(S(=O)(=O)C(F)F)CC1)C2=O. The molecule has 1 aromatic rings. The Morgan fingerprint density at radius 2 is 2.09 bits per heavy atom. The van der Waals surface area contributed by atoms with Crippen molar-refractivity contribution in [1.29, 1.82) is 0 Å². The van der Waals surface area contributed by atoms with Crippen molar-refractivity contribution in [3.63, 3.8) is 0 Å². The number of nitrogens with zero attached hydrogens (tertiary/aromatic N) is 2. The van der Waals surface area contributed by atoms with Crippen LogP contribution in [0.3, 0.4) is 0 Å². The van der Waals surface area contributed by atoms with Gasteiger partial charge in [0.1, 0.15) is 5.69 Å². The zero-order chi connectivity index (χ0) is 17.0. The van der Waals surface area contributed by atoms with Gasteiger partial charge in [0, 0.05) is 18.7 Å². The van der Waals surface area contributed by atoms with Crippen LogP contribution in [0.15, 0.2) is 0 Å². The molecule has 1 aromatic heterocycles. The highest BCUT2D eigenvalue weighted by Crippen LogP contribution is 2.47. The van der Waals surface area contributed by atoms with Gasteiger partial charge >= 0.3 is 11.7 Å². The van der Waals surface area contributed by atoms with Crippen molar-refractivity contribution in [3.8, 4) is 0 Å². The minimum atomic E-state index is -4.62. The zero-order valence-electron chi connectivity index (χ0n) is 11.8. The number of carbonyl (C=O) groups excluding carboxylic acids is 1. The molecule has 2 N–H and O–H groups in total. The predicted molar refractivity (Wildman–Crippen MR) is 72.0 cm³/mol. The number of aromatic carboxylic acids is 1. The summed E-state index contributed by atoms with van der Waals surface area (Å²) in [6, 6.07) is 0. The molecule has 3 rings (SSSR count). The van der Waals surface area contributed by atoms with E-state index in [1.807, 2.05) is 0 Å². The van der Waals surface area contributed by atoms with Crippen molar-refractivity contribution in [2.24, 2.45) is 0 Å². The number of fused-ring (bicyclic) bond motifs is 1. The average molecular weight is 349 g/mol. The van der Waals surface area contributed by atoms with Gasteiger partial charge in [-0.15, -0.1) is 0 Å². The summed E-state index contributed by atoms with van der Waals surface area (Å²) >= 11 is 0. The molecule has 1 aliphatic heterocycles. The number of carboxylic acids is 1. The Balaban J connectivity index is 1.84. The van der Waals surface area contributed by atoms with Crippen LogP contribution in [0, 0.1) is 0 Å². The van der Waals surface area contributed by atoms with E-state index in [1.54, 1.807) is 0 Å². The van der Waals surface area contributed by atoms with Crippen LogP contribution in [0.5, 0.6) is 0 Å². The summed E-state index contributed by atoms with van der Waals surface area (Å²) in [5.41, 5.74) is -0.0338. The normalized spacial score (nSPS) is 19.8. The van der Waals surface area contributed by atoms with Gasteiger partial charge < -0.3 is 10.0 Å². The highest BCUT2D eigenvalue weighted by Gasteiger charge is 2.59. The quantitative estimate of drug-likeness (QED) is 0.787. The second-order valence-corrected chi connectivity index (χ2v) is 8.01. The van der Waals surface area contributed by atoms with E-state index in [2.05, 4.69) is 10.2 Å². The van der Waals surface area contributed by atoms with E-state index in [-0.39, 0.29) is 49.3 Å². The standard InChI is InChI=1S/C12H13F2N3O5S/c13-11(14)23(21,22)12(2-3-12)5-17-4-1-6-7(9(17)18)15-16-8(6)10(19)20/h11H,1-5H2,(H,15,16)(H,19,20). The van der Waals surface area contributed by atoms with Gasteiger partial charge in [0.05, 0.1) is 4.75 Å². The molecule has 2 heterocycles. The molecule has 1 fully saturated rings. The fourth-order valence-corrected chi connectivity index (χ4v) is 4.21. The number of rotatable bonds is 5. The highest BCUT2D eigenvalue weighted by molar-refractivity contribution is 7.93. The van der Waals surface area contributed by atoms with Crippen molar-refractivity contribution in [1.82, 2.24) is 15.1 Å². The van der Waals surface area contributed by atoms with Crippen molar-refractivity contribution in [3.05, 3.63) is 17.0 Å². The third-order valence-corrected chi connectivity index (χ3v) is 6.54. The number of carbonyl (C=O) groups is 2. The summed E-state index contributed by atoms with van der Waals surface area (Å²) in [6.07, 6.45) is 0.337. The van der Waals surface area contributed by atoms with Crippen molar-refractivity contribution in [2.45, 2.75) is 29.8 Å². The van der Waals surface area contributed by atoms with Gasteiger partial charge in [-0.2, -0.15) is 13.9 Å². The van der Waals surface area contributed by atoms with Crippen LogP contribution < -0.4 is 0 Å². The molecular formula is C12H13F2N3O5S. The number of hydrogen-bond donors (Lipinski definition) is 2. The van der Waals surface area contributed by atoms with Crippen LogP contribution in [0.25, 0.3) is 0 Å². The molecule has 1 saturated carbocycles. The van der Waals surface area contributed by atoms with Gasteiger partial charge in [0.15, 0.2) is 5.69 Å². The van der Waals surface area contributed by atoms with Gasteiger partial charge in [-0.25, -0.2) is 13.2 Å². The first-order valence-electron chi connectivity index (χ1n) is 6.81. The maximum atomic E-state index is 12.8. The Labute approximate surface area is 129 Å². The lowest BCUT2D eigenvalue weighted by Gasteiger charge is -2.30. The van der Waals surface area contributed by atoms with Crippen molar-refractivity contribution in [2.75, 3.05) is 13.1 Å². The second-order valence-electron chi connectivity index (χ2n) is 5.70. The number of aromatic nitrogens is 2. The van der Waals surface area contributed by atoms with Gasteiger partial charge in [0.25, 0.3) is 5.91 Å². The summed E-state index contributed by atoms with van der Waals surface area (Å²) in [5, 5.41) is 14.9. The first-order chi connectivity index (χ1) is 10.7. The van der Waals surface area contributed by atoms with Crippen LogP contribution >= 0.6 is 0 Å². The lowest BCUT2D eigenvalue weighted by Crippen LogP contribution is -2.46. The van der Waals surface area contributed by atoms with Crippen LogP contribution in [0.2, 0.25) is 0 Å². The molecule has 0 saturated heterocycles. The third-order valence-electron chi connectivity index (χ3n) is 4.33. The van der Waals surface area contributed by atoms with Gasteiger partial charge in [0.2, 0.25) is 9.84 Å². The third kappa shape index (κ3) is 2.30. The molecule has 23 heavy (non-hydrogen) atoms. The van der Waals surface area contributed by atoms with Gasteiger partial charge in [-0.1, -0.05) is 0 Å². The first kappa shape index (κ1) is 15.8. The minimum Gasteiger partial charge on any atom is -0.476 e. The lowest BCUT2D eigenvalue weighted by molar-refractivity contribution is 0.0688. The Bertz CT molecular complexity index is 785. The lowest BCUT2D eigenvalue weighted by atomic mass is 10.0. The Kier molecular flexibility index (Phi) is 3.43. The summed E-state index contributed by atoms with van der Waals surface area (Å²) < 4.78 is 47.4. The van der Waals surface area contributed by atoms with Crippen LogP contribution in [-0.2, 0) is 16.3 Å². The summed E-state index contributed by atoms with van der Waals surface area (Å²) in [7, 11) is -4.62. The number of amides is 1. The number of hydrogen-bond acceptors (Lipinski definition) is 5. The predicted octanol–water partition coefficient (Wildman–Crippen LogP) is 0.276. The smallest absolute Gasteiger partial charge is 0.356 e. The molecule has 1 aliphatic carbocycles. The molecule has 8 nitrogen and oxygen atoms in total. The van der Waals surface area contributed by atoms with Gasteiger partial charge in [-0.3, -0.25) is 9.89 Å². The number of H-pyrrole nitrogens is 1. The largest absolute Gasteiger partial charge is 0.476 e. The van der Waals surface area contributed by atoms with Crippen LogP contribution in [0.1, 0.15) is 39.4 Å². The molecule has 0 spiro atoms. The molecule has 0 aromatic carbocycles. The molecular weight excluding hydrogens is 336 g/mol. The van der Waals surface area contributed by atoms with Gasteiger partial charge in [-0.05, 0) is 19.3 Å². The maximum absolute atomic E-state index is 12.8. The van der Waals surface area contributed by atoms with E-state index in [9.17, 15) is 26.8 Å². The molecule has 0 unspecified atom stereocenters. The van der Waals surface area contributed by atoms with E-state index in [0.717, 1.165) is 0 Å². The number of alkyl halides is 2. The number of aromatic amines is 1. The Morgan fingerprint density at radius 1 is 1.43 bits per heavy atom. The van der Waals surface area contributed by atoms with Crippen LogP contribution in [-0.4, -0.2) is 64.1 Å². The first-order valence-corrected chi connectivity index (χ1v) is 8.36. The molecule has 0 radical (unpaired) electrons. The summed E-state index contributed by atoms with van der Waals surface area (Å²) in [6.45, 7) is -0.258. The number of halogens is 2. The fraction of sp³-hybridized carbons (Fsp3) is 0.583. The zero-order valence-corrected chi connectivity index (χ0v) is 12.6. The Hall–Kier alpha value is -2.04. The van der Waals surface area contributed by atoms with Crippen molar-refractivity contribution < 1.29 is 31.9 Å². The monoisotopic (exact) mass is 349 g/mol. The number of sulfone groups is 1. The molecule has 11 heteroatoms. The minimum absolute atomic E-state index is 0.0288. The average Bonchev–Trinajstić information content (AvgIpc) is 3.12. The van der Waals surface area contributed by atoms with E-state index in [0.29, 0.717) is 0 Å². The molecule has 126 valence electrons. The fourth-order valence-electron chi connectivity index (χ4n) is 2.83. The summed E-state index contributed by atoms with van der Waals surface area (Å²) in [5.74, 6) is -5.38.